The molecule has 0 atom stereocenters. The molecule has 0 saturated carbocycles. The maximum absolute atomic E-state index is 13.4. The molecule has 0 unspecified atom stereocenters. The number of aldehydes is 1. The van der Waals surface area contributed by atoms with E-state index in [1.165, 1.54) is 12.4 Å². The molecule has 154 valence electrons. The Morgan fingerprint density at radius 2 is 1.38 bits per heavy atom. The van der Waals surface area contributed by atoms with Crippen molar-refractivity contribution < 1.29 is 39.9 Å². The van der Waals surface area contributed by atoms with Gasteiger partial charge in [0.15, 0.2) is 6.29 Å². The molecule has 3 nitrogen and oxygen atoms in total. The van der Waals surface area contributed by atoms with Crippen molar-refractivity contribution in [2.75, 3.05) is 0 Å². The number of imidazole rings is 1. The summed E-state index contributed by atoms with van der Waals surface area (Å²) in [7, 11) is 0. The number of carbonyl (C=O) groups excluding carboxylic acids is 1. The average molecular weight is 422 g/mol. The van der Waals surface area contributed by atoms with Crippen LogP contribution in [0.1, 0.15) is 21.5 Å². The van der Waals surface area contributed by atoms with Crippen LogP contribution in [0.3, 0.4) is 0 Å². The molecule has 0 aliphatic carbocycles. The highest BCUT2D eigenvalue weighted by molar-refractivity contribution is 5.75. The zero-order chi connectivity index (χ0) is 21.8. The van der Waals surface area contributed by atoms with Crippen LogP contribution in [0.4, 0.5) is 35.1 Å². The van der Waals surface area contributed by atoms with Gasteiger partial charge in [-0.1, -0.05) is 0 Å². The first-order valence-electron chi connectivity index (χ1n) is 7.62. The van der Waals surface area contributed by atoms with Gasteiger partial charge in [-0.3, -0.25) is 4.79 Å². The van der Waals surface area contributed by atoms with E-state index in [9.17, 15) is 39.9 Å². The van der Waals surface area contributed by atoms with Gasteiger partial charge >= 0.3 is 12.4 Å². The Hall–Kier alpha value is -3.24. The van der Waals surface area contributed by atoms with E-state index >= 15 is 0 Å². The van der Waals surface area contributed by atoms with Crippen LogP contribution < -0.4 is 0 Å². The third-order valence-electron chi connectivity index (χ3n) is 3.50. The van der Waals surface area contributed by atoms with Crippen molar-refractivity contribution in [3.63, 3.8) is 0 Å². The lowest BCUT2D eigenvalue weighted by molar-refractivity contribution is -0.138. The first-order valence-corrected chi connectivity index (χ1v) is 7.62. The normalized spacial score (nSPS) is 11.6. The molecular formula is C18H10F8N2O. The average Bonchev–Trinajstić information content (AvgIpc) is 3.15. The fraction of sp³-hybridized carbons (Fsp3) is 0.111. The number of nitrogens with zero attached hydrogens (tertiary/aromatic N) is 1. The van der Waals surface area contributed by atoms with E-state index in [2.05, 4.69) is 9.97 Å². The number of H-pyrrole nitrogens is 1. The molecule has 0 aliphatic rings. The highest BCUT2D eigenvalue weighted by Crippen LogP contribution is 2.32. The van der Waals surface area contributed by atoms with Crippen LogP contribution in [-0.2, 0) is 12.4 Å². The van der Waals surface area contributed by atoms with Crippen molar-refractivity contribution in [3.05, 3.63) is 77.1 Å². The number of benzene rings is 2. The number of hydrogen-bond acceptors (Lipinski definition) is 2. The summed E-state index contributed by atoms with van der Waals surface area (Å²) in [6, 6.07) is 4.08. The Balaban J connectivity index is 0.000000212. The summed E-state index contributed by atoms with van der Waals surface area (Å²) in [6.07, 6.45) is -6.10. The largest absolute Gasteiger partial charge is 0.416 e. The van der Waals surface area contributed by atoms with Crippen LogP contribution in [0.5, 0.6) is 0 Å². The van der Waals surface area contributed by atoms with Gasteiger partial charge in [0.1, 0.15) is 17.5 Å². The third kappa shape index (κ3) is 5.62. The molecule has 29 heavy (non-hydrogen) atoms. The summed E-state index contributed by atoms with van der Waals surface area (Å²) >= 11 is 0. The standard InChI is InChI=1S/C10H6F4N2.C8H4F4O/c11-8-5-6(10(12,13)14)1-2-7(8)9-15-3-4-16-9;9-7-3-6(8(10,11)12)2-1-5(7)4-13/h1-5H,(H,15,16);1-4H. The molecule has 0 amide bonds. The van der Waals surface area contributed by atoms with Crippen LogP contribution in [-0.4, -0.2) is 16.3 Å². The Bertz CT molecular complexity index is 979. The van der Waals surface area contributed by atoms with Gasteiger partial charge in [0.25, 0.3) is 0 Å². The molecule has 0 fully saturated rings. The van der Waals surface area contributed by atoms with E-state index in [4.69, 9.17) is 0 Å². The van der Waals surface area contributed by atoms with Gasteiger partial charge in [0.05, 0.1) is 22.3 Å². The molecule has 1 N–H and O–H groups in total. The van der Waals surface area contributed by atoms with Gasteiger partial charge in [0.2, 0.25) is 0 Å². The molecule has 1 heterocycles. The SMILES string of the molecule is Fc1cc(C(F)(F)F)ccc1-c1ncc[nH]1.O=Cc1ccc(C(F)(F)F)cc1F. The number of nitrogens with one attached hydrogen (secondary N) is 1. The number of alkyl halides is 6. The van der Waals surface area contributed by atoms with Crippen molar-refractivity contribution in [3.8, 4) is 11.4 Å². The van der Waals surface area contributed by atoms with Gasteiger partial charge < -0.3 is 4.98 Å². The molecule has 0 spiro atoms. The monoisotopic (exact) mass is 422 g/mol. The Morgan fingerprint density at radius 1 is 0.828 bits per heavy atom. The predicted octanol–water partition coefficient (Wildman–Crippen LogP) is 5.89. The minimum absolute atomic E-state index is 0.0120. The second kappa shape index (κ2) is 8.41. The van der Waals surface area contributed by atoms with E-state index in [1.54, 1.807) is 0 Å². The highest BCUT2D eigenvalue weighted by atomic mass is 19.4. The smallest absolute Gasteiger partial charge is 0.345 e. The highest BCUT2D eigenvalue weighted by Gasteiger charge is 2.32. The quantitative estimate of drug-likeness (QED) is 0.414. The van der Waals surface area contributed by atoms with Gasteiger partial charge in [-0.2, -0.15) is 26.3 Å². The summed E-state index contributed by atoms with van der Waals surface area (Å²) in [5.74, 6) is -1.92. The van der Waals surface area contributed by atoms with Crippen molar-refractivity contribution in [2.45, 2.75) is 12.4 Å². The molecule has 0 aliphatic heterocycles. The summed E-state index contributed by atoms with van der Waals surface area (Å²) < 4.78 is 98.6. The number of aromatic amines is 1. The lowest BCUT2D eigenvalue weighted by atomic mass is 10.1. The summed E-state index contributed by atoms with van der Waals surface area (Å²) in [6.45, 7) is 0. The molecule has 11 heteroatoms. The maximum atomic E-state index is 13.4. The maximum Gasteiger partial charge on any atom is 0.416 e. The molecular weight excluding hydrogens is 412 g/mol. The zero-order valence-electron chi connectivity index (χ0n) is 14.1. The van der Waals surface area contributed by atoms with Crippen LogP contribution in [0.15, 0.2) is 48.8 Å². The summed E-state index contributed by atoms with van der Waals surface area (Å²) in [4.78, 5) is 16.4. The number of hydrogen-bond donors (Lipinski definition) is 1. The molecule has 0 radical (unpaired) electrons. The molecule has 0 saturated heterocycles. The molecule has 2 aromatic carbocycles. The topological polar surface area (TPSA) is 45.8 Å². The fourth-order valence-electron chi connectivity index (χ4n) is 2.10. The van der Waals surface area contributed by atoms with Gasteiger partial charge in [0, 0.05) is 12.4 Å². The van der Waals surface area contributed by atoms with Gasteiger partial charge in [-0.15, -0.1) is 0 Å². The number of carbonyl (C=O) groups is 1. The minimum Gasteiger partial charge on any atom is -0.345 e. The number of rotatable bonds is 2. The summed E-state index contributed by atoms with van der Waals surface area (Å²) in [5.41, 5.74) is -2.48. The minimum atomic E-state index is -4.58. The fourth-order valence-corrected chi connectivity index (χ4v) is 2.10. The van der Waals surface area contributed by atoms with E-state index in [0.717, 1.165) is 18.2 Å². The second-order valence-corrected chi connectivity index (χ2v) is 5.48. The van der Waals surface area contributed by atoms with Gasteiger partial charge in [-0.05, 0) is 36.4 Å². The van der Waals surface area contributed by atoms with E-state index in [-0.39, 0.29) is 23.2 Å². The van der Waals surface area contributed by atoms with Crippen LogP contribution >= 0.6 is 0 Å². The van der Waals surface area contributed by atoms with Crippen molar-refractivity contribution >= 4 is 6.29 Å². The van der Waals surface area contributed by atoms with Crippen molar-refractivity contribution in [2.24, 2.45) is 0 Å². The van der Waals surface area contributed by atoms with E-state index in [0.29, 0.717) is 18.2 Å². The van der Waals surface area contributed by atoms with E-state index < -0.39 is 35.1 Å². The number of halogens is 8. The summed E-state index contributed by atoms with van der Waals surface area (Å²) in [5, 5.41) is 0. The van der Waals surface area contributed by atoms with Crippen LogP contribution in [0.25, 0.3) is 11.4 Å². The van der Waals surface area contributed by atoms with Crippen molar-refractivity contribution in [1.82, 2.24) is 9.97 Å². The lowest BCUT2D eigenvalue weighted by Gasteiger charge is -2.07. The van der Waals surface area contributed by atoms with E-state index in [1.807, 2.05) is 0 Å². The van der Waals surface area contributed by atoms with Crippen molar-refractivity contribution in [1.29, 1.82) is 0 Å². The molecule has 3 aromatic rings. The number of aromatic nitrogens is 2. The Morgan fingerprint density at radius 3 is 1.79 bits per heavy atom. The van der Waals surface area contributed by atoms with Crippen LogP contribution in [0.2, 0.25) is 0 Å². The van der Waals surface area contributed by atoms with Gasteiger partial charge in [-0.25, -0.2) is 13.8 Å². The predicted molar refractivity (Wildman–Crippen MR) is 85.8 cm³/mol. The lowest BCUT2D eigenvalue weighted by Crippen LogP contribution is -2.05. The Kier molecular flexibility index (Phi) is 6.40. The Labute approximate surface area is 158 Å². The first kappa shape index (κ1) is 22.1. The first-order chi connectivity index (χ1) is 13.4. The molecule has 1 aromatic heterocycles. The molecule has 3 rings (SSSR count). The molecule has 0 bridgehead atoms. The second-order valence-electron chi connectivity index (χ2n) is 5.48. The zero-order valence-corrected chi connectivity index (χ0v) is 14.1. The van der Waals surface area contributed by atoms with Crippen LogP contribution in [0, 0.1) is 11.6 Å². The third-order valence-corrected chi connectivity index (χ3v) is 3.50.